The predicted molar refractivity (Wildman–Crippen MR) is 73.8 cm³/mol. The van der Waals surface area contributed by atoms with Gasteiger partial charge in [0.25, 0.3) is 0 Å². The molecule has 0 aliphatic carbocycles. The number of amides is 1. The van der Waals surface area contributed by atoms with Crippen LogP contribution in [0.25, 0.3) is 0 Å². The highest BCUT2D eigenvalue weighted by Gasteiger charge is 2.49. The van der Waals surface area contributed by atoms with E-state index >= 15 is 0 Å². The second-order valence-corrected chi connectivity index (χ2v) is 6.86. The van der Waals surface area contributed by atoms with Crippen LogP contribution in [0.5, 0.6) is 0 Å². The van der Waals surface area contributed by atoms with Crippen LogP contribution in [0.4, 0.5) is 4.79 Å². The molecule has 0 atom stereocenters. The van der Waals surface area contributed by atoms with E-state index in [4.69, 9.17) is 4.74 Å². The van der Waals surface area contributed by atoms with Gasteiger partial charge in [-0.25, -0.2) is 4.79 Å². The monoisotopic (exact) mass is 292 g/mol. The molecule has 3 heterocycles. The Morgan fingerprint density at radius 2 is 2.00 bits per heavy atom. The Labute approximate surface area is 123 Å². The Hall–Kier alpha value is -1.92. The second-order valence-electron chi connectivity index (χ2n) is 6.86. The number of ketones is 1. The highest BCUT2D eigenvalue weighted by molar-refractivity contribution is 5.99. The lowest BCUT2D eigenvalue weighted by Gasteiger charge is -2.38. The number of nitrogens with zero attached hydrogens (tertiary/aromatic N) is 4. The van der Waals surface area contributed by atoms with Crippen LogP contribution >= 0.6 is 0 Å². The summed E-state index contributed by atoms with van der Waals surface area (Å²) < 4.78 is 7.19. The number of hydrogen-bond acceptors (Lipinski definition) is 5. The number of aromatic nitrogens is 3. The molecule has 1 aromatic rings. The number of hydrogen-bond donors (Lipinski definition) is 0. The number of fused-ring (bicyclic) bond motifs is 1. The number of Topliss-reactive ketones (excluding diaryl/α,β-unsaturated/α-hetero) is 1. The van der Waals surface area contributed by atoms with E-state index < -0.39 is 11.0 Å². The van der Waals surface area contributed by atoms with E-state index in [0.717, 1.165) is 0 Å². The number of ether oxygens (including phenoxy) is 1. The van der Waals surface area contributed by atoms with Gasteiger partial charge in [-0.2, -0.15) is 0 Å². The fourth-order valence-electron chi connectivity index (χ4n) is 3.01. The molecule has 7 nitrogen and oxygen atoms in total. The van der Waals surface area contributed by atoms with Crippen LogP contribution in [0.15, 0.2) is 6.33 Å². The molecule has 21 heavy (non-hydrogen) atoms. The molecule has 1 fully saturated rings. The smallest absolute Gasteiger partial charge is 0.410 e. The molecule has 0 radical (unpaired) electrons. The highest BCUT2D eigenvalue weighted by Crippen LogP contribution is 2.40. The molecule has 0 unspecified atom stereocenters. The first kappa shape index (κ1) is 14.0. The number of carbonyl (C=O) groups excluding carboxylic acids is 2. The summed E-state index contributed by atoms with van der Waals surface area (Å²) >= 11 is 0. The third kappa shape index (κ3) is 2.41. The summed E-state index contributed by atoms with van der Waals surface area (Å²) in [4.78, 5) is 26.2. The second kappa shape index (κ2) is 4.54. The van der Waals surface area contributed by atoms with E-state index in [1.54, 1.807) is 11.2 Å². The Bertz CT molecular complexity index is 579. The van der Waals surface area contributed by atoms with Crippen LogP contribution < -0.4 is 0 Å². The molecule has 0 saturated carbocycles. The zero-order valence-corrected chi connectivity index (χ0v) is 12.6. The Balaban J connectivity index is 1.65. The molecule has 3 rings (SSSR count). The molecule has 0 aromatic carbocycles. The number of piperidine rings is 1. The van der Waals surface area contributed by atoms with E-state index in [1.165, 1.54) is 0 Å². The van der Waals surface area contributed by atoms with Crippen molar-refractivity contribution in [2.45, 2.75) is 45.8 Å². The fourth-order valence-corrected chi connectivity index (χ4v) is 3.01. The van der Waals surface area contributed by atoms with E-state index in [0.29, 0.717) is 38.3 Å². The Morgan fingerprint density at radius 1 is 1.33 bits per heavy atom. The van der Waals surface area contributed by atoms with Gasteiger partial charge in [0.1, 0.15) is 11.9 Å². The lowest BCUT2D eigenvalue weighted by molar-refractivity contribution is 0.0104. The van der Waals surface area contributed by atoms with Gasteiger partial charge in [0, 0.05) is 19.6 Å². The fraction of sp³-hybridized carbons (Fsp3) is 0.714. The SMILES string of the molecule is CC(C)(C)OC(=O)N1CCC2(CC1)Cn1cnnc1C2=O. The van der Waals surface area contributed by atoms with Gasteiger partial charge < -0.3 is 14.2 Å². The molecule has 0 N–H and O–H groups in total. The zero-order valence-electron chi connectivity index (χ0n) is 12.6. The van der Waals surface area contributed by atoms with Crippen molar-refractivity contribution in [1.29, 1.82) is 0 Å². The molecule has 0 bridgehead atoms. The zero-order chi connectivity index (χ0) is 15.3. The third-order valence-corrected chi connectivity index (χ3v) is 4.15. The lowest BCUT2D eigenvalue weighted by Crippen LogP contribution is -2.47. The van der Waals surface area contributed by atoms with Crippen molar-refractivity contribution in [3.63, 3.8) is 0 Å². The average Bonchev–Trinajstić information content (AvgIpc) is 2.92. The van der Waals surface area contributed by atoms with Gasteiger partial charge in [0.05, 0.1) is 5.41 Å². The molecule has 1 saturated heterocycles. The van der Waals surface area contributed by atoms with Gasteiger partial charge in [-0.15, -0.1) is 10.2 Å². The normalized spacial score (nSPS) is 20.7. The quantitative estimate of drug-likeness (QED) is 0.724. The van der Waals surface area contributed by atoms with E-state index in [1.807, 2.05) is 25.3 Å². The molecule has 114 valence electrons. The Kier molecular flexibility index (Phi) is 3.04. The standard InChI is InChI=1S/C14H20N4O3/c1-13(2,3)21-12(20)17-6-4-14(5-7-17)8-18-9-15-16-11(18)10(14)19/h9H,4-8H2,1-3H3. The van der Waals surface area contributed by atoms with E-state index in [2.05, 4.69) is 10.2 Å². The molecule has 2 aliphatic rings. The molecule has 1 aromatic heterocycles. The van der Waals surface area contributed by atoms with Gasteiger partial charge in [0.15, 0.2) is 0 Å². The molecule has 1 spiro atoms. The predicted octanol–water partition coefficient (Wildman–Crippen LogP) is 1.49. The molecular formula is C14H20N4O3. The summed E-state index contributed by atoms with van der Waals surface area (Å²) in [5.41, 5.74) is -0.910. The minimum atomic E-state index is -0.497. The molecule has 7 heteroatoms. The first-order valence-electron chi connectivity index (χ1n) is 7.21. The maximum atomic E-state index is 12.5. The number of carbonyl (C=O) groups is 2. The topological polar surface area (TPSA) is 77.3 Å². The van der Waals surface area contributed by atoms with Crippen molar-refractivity contribution >= 4 is 11.9 Å². The molecule has 1 amide bonds. The summed E-state index contributed by atoms with van der Waals surface area (Å²) in [5.74, 6) is 0.504. The van der Waals surface area contributed by atoms with Crippen molar-refractivity contribution < 1.29 is 14.3 Å². The van der Waals surface area contributed by atoms with Crippen molar-refractivity contribution in [3.8, 4) is 0 Å². The average molecular weight is 292 g/mol. The van der Waals surface area contributed by atoms with Gasteiger partial charge in [-0.05, 0) is 33.6 Å². The third-order valence-electron chi connectivity index (χ3n) is 4.15. The van der Waals surface area contributed by atoms with Crippen molar-refractivity contribution in [1.82, 2.24) is 19.7 Å². The van der Waals surface area contributed by atoms with Crippen LogP contribution in [0, 0.1) is 5.41 Å². The first-order chi connectivity index (χ1) is 9.81. The largest absolute Gasteiger partial charge is 0.444 e. The van der Waals surface area contributed by atoms with Crippen LogP contribution in [0.1, 0.15) is 44.2 Å². The summed E-state index contributed by atoms with van der Waals surface area (Å²) in [6, 6.07) is 0. The summed E-state index contributed by atoms with van der Waals surface area (Å²) in [7, 11) is 0. The summed E-state index contributed by atoms with van der Waals surface area (Å²) in [6.07, 6.45) is 2.59. The van der Waals surface area contributed by atoms with Crippen LogP contribution in [0.2, 0.25) is 0 Å². The van der Waals surface area contributed by atoms with Crippen molar-refractivity contribution in [2.24, 2.45) is 5.41 Å². The van der Waals surface area contributed by atoms with Gasteiger partial charge in [0.2, 0.25) is 11.6 Å². The lowest BCUT2D eigenvalue weighted by atomic mass is 9.76. The van der Waals surface area contributed by atoms with Gasteiger partial charge in [-0.3, -0.25) is 4.79 Å². The van der Waals surface area contributed by atoms with E-state index in [-0.39, 0.29) is 11.9 Å². The number of likely N-dealkylation sites (tertiary alicyclic amines) is 1. The Morgan fingerprint density at radius 3 is 2.57 bits per heavy atom. The minimum absolute atomic E-state index is 0.0591. The van der Waals surface area contributed by atoms with Crippen LogP contribution in [-0.2, 0) is 11.3 Å². The van der Waals surface area contributed by atoms with Gasteiger partial charge in [-0.1, -0.05) is 0 Å². The van der Waals surface area contributed by atoms with E-state index in [9.17, 15) is 9.59 Å². The summed E-state index contributed by atoms with van der Waals surface area (Å²) in [6.45, 7) is 7.25. The minimum Gasteiger partial charge on any atom is -0.444 e. The van der Waals surface area contributed by atoms with Crippen LogP contribution in [-0.4, -0.2) is 50.2 Å². The van der Waals surface area contributed by atoms with Crippen LogP contribution in [0.3, 0.4) is 0 Å². The molecule has 2 aliphatic heterocycles. The maximum absolute atomic E-state index is 12.5. The summed E-state index contributed by atoms with van der Waals surface area (Å²) in [5, 5.41) is 7.65. The van der Waals surface area contributed by atoms with Crippen molar-refractivity contribution in [3.05, 3.63) is 12.2 Å². The maximum Gasteiger partial charge on any atom is 0.410 e. The van der Waals surface area contributed by atoms with Gasteiger partial charge >= 0.3 is 6.09 Å². The van der Waals surface area contributed by atoms with Crippen molar-refractivity contribution in [2.75, 3.05) is 13.1 Å². The molecular weight excluding hydrogens is 272 g/mol. The first-order valence-corrected chi connectivity index (χ1v) is 7.21. The highest BCUT2D eigenvalue weighted by atomic mass is 16.6. The number of rotatable bonds is 0.